The van der Waals surface area contributed by atoms with Gasteiger partial charge < -0.3 is 19.3 Å². The average Bonchev–Trinajstić information content (AvgIpc) is 2.95. The number of carboxylic acids is 1. The Kier molecular flexibility index (Phi) is 3.57. The highest BCUT2D eigenvalue weighted by Gasteiger charge is 2.39. The topological polar surface area (TPSA) is 92.9 Å². The molecule has 1 fully saturated rings. The summed E-state index contributed by atoms with van der Waals surface area (Å²) in [7, 11) is 1.57. The Morgan fingerprint density at radius 2 is 2.05 bits per heavy atom. The highest BCUT2D eigenvalue weighted by molar-refractivity contribution is 5.96. The molecule has 7 heteroatoms. The zero-order valence-corrected chi connectivity index (χ0v) is 11.0. The van der Waals surface area contributed by atoms with Gasteiger partial charge in [0.1, 0.15) is 17.2 Å². The molecule has 2 heterocycles. The predicted octanol–water partition coefficient (Wildman–Crippen LogP) is 0.463. The average molecular weight is 268 g/mol. The van der Waals surface area contributed by atoms with Gasteiger partial charge in [-0.05, 0) is 13.8 Å². The van der Waals surface area contributed by atoms with Crippen LogP contribution in [0.25, 0.3) is 0 Å². The van der Waals surface area contributed by atoms with Gasteiger partial charge in [0.2, 0.25) is 0 Å². The van der Waals surface area contributed by atoms with Crippen LogP contribution < -0.4 is 0 Å². The molecular formula is C12H16N2O5. The lowest BCUT2D eigenvalue weighted by Crippen LogP contribution is -2.44. The number of carbonyl (C=O) groups excluding carboxylic acids is 1. The molecule has 2 rings (SSSR count). The lowest BCUT2D eigenvalue weighted by molar-refractivity contribution is -0.142. The van der Waals surface area contributed by atoms with Crippen molar-refractivity contribution < 1.29 is 24.0 Å². The van der Waals surface area contributed by atoms with Gasteiger partial charge >= 0.3 is 5.97 Å². The van der Waals surface area contributed by atoms with E-state index in [0.717, 1.165) is 0 Å². The summed E-state index contributed by atoms with van der Waals surface area (Å²) in [6.07, 6.45) is 0. The van der Waals surface area contributed by atoms with Gasteiger partial charge in [0, 0.05) is 7.05 Å². The van der Waals surface area contributed by atoms with Crippen molar-refractivity contribution in [2.45, 2.75) is 19.9 Å². The normalized spacial score (nSPS) is 22.5. The van der Waals surface area contributed by atoms with Crippen LogP contribution in [0.4, 0.5) is 0 Å². The molecule has 19 heavy (non-hydrogen) atoms. The quantitative estimate of drug-likeness (QED) is 0.856. The van der Waals surface area contributed by atoms with Crippen LogP contribution in [-0.4, -0.2) is 53.3 Å². The third-order valence-electron chi connectivity index (χ3n) is 3.43. The zero-order chi connectivity index (χ0) is 14.2. The van der Waals surface area contributed by atoms with Gasteiger partial charge in [-0.15, -0.1) is 0 Å². The first-order valence-corrected chi connectivity index (χ1v) is 5.94. The number of carbonyl (C=O) groups is 2. The molecule has 1 aromatic heterocycles. The van der Waals surface area contributed by atoms with Gasteiger partial charge in [-0.2, -0.15) is 0 Å². The molecule has 1 aliphatic rings. The summed E-state index contributed by atoms with van der Waals surface area (Å²) < 4.78 is 10.1. The minimum atomic E-state index is -0.957. The number of hydrogen-bond acceptors (Lipinski definition) is 5. The SMILES string of the molecule is Cc1noc(C)c1C(=O)N(C)C1COCC1C(=O)O. The number of amides is 1. The van der Waals surface area contributed by atoms with Crippen LogP contribution >= 0.6 is 0 Å². The highest BCUT2D eigenvalue weighted by Crippen LogP contribution is 2.22. The molecule has 0 spiro atoms. The maximum atomic E-state index is 12.4. The molecule has 1 amide bonds. The van der Waals surface area contributed by atoms with Gasteiger partial charge in [-0.1, -0.05) is 5.16 Å². The summed E-state index contributed by atoms with van der Waals surface area (Å²) in [5, 5.41) is 12.8. The van der Waals surface area contributed by atoms with E-state index in [4.69, 9.17) is 14.4 Å². The summed E-state index contributed by atoms with van der Waals surface area (Å²) in [4.78, 5) is 24.9. The van der Waals surface area contributed by atoms with E-state index in [2.05, 4.69) is 5.16 Å². The minimum Gasteiger partial charge on any atom is -0.481 e. The Balaban J connectivity index is 2.22. The van der Waals surface area contributed by atoms with Crippen molar-refractivity contribution in [1.29, 1.82) is 0 Å². The van der Waals surface area contributed by atoms with E-state index in [9.17, 15) is 9.59 Å². The van der Waals surface area contributed by atoms with Gasteiger partial charge in [0.05, 0.1) is 24.9 Å². The van der Waals surface area contributed by atoms with E-state index in [1.165, 1.54) is 4.90 Å². The Morgan fingerprint density at radius 3 is 2.58 bits per heavy atom. The van der Waals surface area contributed by atoms with Crippen molar-refractivity contribution >= 4 is 11.9 Å². The van der Waals surface area contributed by atoms with Crippen LogP contribution in [0.3, 0.4) is 0 Å². The summed E-state index contributed by atoms with van der Waals surface area (Å²) in [6, 6.07) is -0.473. The fourth-order valence-electron chi connectivity index (χ4n) is 2.28. The third kappa shape index (κ3) is 2.33. The highest BCUT2D eigenvalue weighted by atomic mass is 16.5. The zero-order valence-electron chi connectivity index (χ0n) is 11.0. The molecule has 0 aromatic carbocycles. The lowest BCUT2D eigenvalue weighted by Gasteiger charge is -2.26. The molecule has 104 valence electrons. The molecule has 1 aromatic rings. The number of nitrogens with zero attached hydrogens (tertiary/aromatic N) is 2. The van der Waals surface area contributed by atoms with Gasteiger partial charge in [0.15, 0.2) is 0 Å². The second-order valence-electron chi connectivity index (χ2n) is 4.66. The van der Waals surface area contributed by atoms with Crippen LogP contribution in [0.1, 0.15) is 21.8 Å². The number of aryl methyl sites for hydroxylation is 2. The maximum absolute atomic E-state index is 12.4. The molecule has 0 bridgehead atoms. The molecule has 1 N–H and O–H groups in total. The Hall–Kier alpha value is -1.89. The molecule has 1 saturated heterocycles. The van der Waals surface area contributed by atoms with Crippen LogP contribution in [0.2, 0.25) is 0 Å². The molecule has 0 aliphatic carbocycles. The second kappa shape index (κ2) is 5.00. The van der Waals surface area contributed by atoms with Crippen LogP contribution in [0.5, 0.6) is 0 Å². The first kappa shape index (κ1) is 13.5. The molecule has 2 atom stereocenters. The van der Waals surface area contributed by atoms with Crippen molar-refractivity contribution in [3.63, 3.8) is 0 Å². The second-order valence-corrected chi connectivity index (χ2v) is 4.66. The Labute approximate surface area is 110 Å². The fraction of sp³-hybridized carbons (Fsp3) is 0.583. The van der Waals surface area contributed by atoms with E-state index < -0.39 is 17.9 Å². The third-order valence-corrected chi connectivity index (χ3v) is 3.43. The molecule has 7 nitrogen and oxygen atoms in total. The minimum absolute atomic E-state index is 0.124. The first-order chi connectivity index (χ1) is 8.93. The number of aliphatic carboxylic acids is 1. The Morgan fingerprint density at radius 1 is 1.37 bits per heavy atom. The van der Waals surface area contributed by atoms with Gasteiger partial charge in [-0.25, -0.2) is 0 Å². The lowest BCUT2D eigenvalue weighted by atomic mass is 10.0. The number of rotatable bonds is 3. The van der Waals surface area contributed by atoms with E-state index in [0.29, 0.717) is 17.0 Å². The molecular weight excluding hydrogens is 252 g/mol. The van der Waals surface area contributed by atoms with Crippen LogP contribution in [0, 0.1) is 19.8 Å². The van der Waals surface area contributed by atoms with Crippen molar-refractivity contribution in [2.24, 2.45) is 5.92 Å². The summed E-state index contributed by atoms with van der Waals surface area (Å²) >= 11 is 0. The molecule has 2 unspecified atom stereocenters. The molecule has 0 radical (unpaired) electrons. The van der Waals surface area contributed by atoms with E-state index in [1.54, 1.807) is 20.9 Å². The van der Waals surface area contributed by atoms with Crippen molar-refractivity contribution in [2.75, 3.05) is 20.3 Å². The largest absolute Gasteiger partial charge is 0.481 e. The first-order valence-electron chi connectivity index (χ1n) is 5.94. The monoisotopic (exact) mass is 268 g/mol. The number of ether oxygens (including phenoxy) is 1. The van der Waals surface area contributed by atoms with Gasteiger partial charge in [-0.3, -0.25) is 9.59 Å². The predicted molar refractivity (Wildman–Crippen MR) is 63.8 cm³/mol. The summed E-state index contributed by atoms with van der Waals surface area (Å²) in [6.45, 7) is 3.68. The Bertz CT molecular complexity index is 491. The maximum Gasteiger partial charge on any atom is 0.311 e. The van der Waals surface area contributed by atoms with Crippen molar-refractivity contribution in [3.05, 3.63) is 17.0 Å². The van der Waals surface area contributed by atoms with Crippen LogP contribution in [0.15, 0.2) is 4.52 Å². The molecule has 1 aliphatic heterocycles. The number of likely N-dealkylation sites (N-methyl/N-ethyl adjacent to an activating group) is 1. The fourth-order valence-corrected chi connectivity index (χ4v) is 2.28. The van der Waals surface area contributed by atoms with E-state index >= 15 is 0 Å². The summed E-state index contributed by atoms with van der Waals surface area (Å²) in [5.74, 6) is -1.52. The van der Waals surface area contributed by atoms with E-state index in [1.807, 2.05) is 0 Å². The van der Waals surface area contributed by atoms with Gasteiger partial charge in [0.25, 0.3) is 5.91 Å². The van der Waals surface area contributed by atoms with E-state index in [-0.39, 0.29) is 19.1 Å². The number of hydrogen-bond donors (Lipinski definition) is 1. The number of carboxylic acid groups (broad SMARTS) is 1. The van der Waals surface area contributed by atoms with Crippen LogP contribution in [-0.2, 0) is 9.53 Å². The summed E-state index contributed by atoms with van der Waals surface area (Å²) in [5.41, 5.74) is 0.888. The van der Waals surface area contributed by atoms with Crippen molar-refractivity contribution in [3.8, 4) is 0 Å². The smallest absolute Gasteiger partial charge is 0.311 e. The van der Waals surface area contributed by atoms with Crippen molar-refractivity contribution in [1.82, 2.24) is 10.1 Å². The number of aromatic nitrogens is 1. The standard InChI is InChI=1S/C12H16N2O5/c1-6-10(7(2)19-13-6)11(15)14(3)9-5-18-4-8(9)12(16)17/h8-9H,4-5H2,1-3H3,(H,16,17). The molecule has 0 saturated carbocycles.